The summed E-state index contributed by atoms with van der Waals surface area (Å²) in [6, 6.07) is 9.86. The predicted octanol–water partition coefficient (Wildman–Crippen LogP) is 2.84. The van der Waals surface area contributed by atoms with Crippen molar-refractivity contribution in [2.24, 2.45) is 0 Å². The van der Waals surface area contributed by atoms with Gasteiger partial charge in [0.15, 0.2) is 0 Å². The minimum atomic E-state index is -0.266. The summed E-state index contributed by atoms with van der Waals surface area (Å²) in [5.41, 5.74) is 3.24. The topological polar surface area (TPSA) is 58.6 Å². The van der Waals surface area contributed by atoms with E-state index in [1.165, 1.54) is 16.9 Å². The van der Waals surface area contributed by atoms with Crippen LogP contribution in [0.3, 0.4) is 0 Å². The van der Waals surface area contributed by atoms with Crippen molar-refractivity contribution < 1.29 is 14.6 Å². The van der Waals surface area contributed by atoms with Gasteiger partial charge < -0.3 is 15.2 Å². The van der Waals surface area contributed by atoms with E-state index >= 15 is 0 Å². The van der Waals surface area contributed by atoms with Gasteiger partial charge in [-0.05, 0) is 36.4 Å². The van der Waals surface area contributed by atoms with Crippen molar-refractivity contribution in [3.05, 3.63) is 57.3 Å². The molecule has 1 aromatic heterocycles. The lowest BCUT2D eigenvalue weighted by Gasteiger charge is -2.18. The Bertz CT molecular complexity index is 607. The van der Waals surface area contributed by atoms with Crippen molar-refractivity contribution in [1.82, 2.24) is 5.32 Å². The molecule has 1 atom stereocenters. The van der Waals surface area contributed by atoms with Crippen molar-refractivity contribution in [1.29, 1.82) is 0 Å². The minimum Gasteiger partial charge on any atom is -0.394 e. The molecular weight excluding hydrogens is 298 g/mol. The Morgan fingerprint density at radius 1 is 1.27 bits per heavy atom. The third-order valence-electron chi connectivity index (χ3n) is 3.26. The SMILES string of the molecule is Cc1ccc([C@H](CNC(=O)c2cc(C)cs2)OCCO)cc1. The molecule has 22 heavy (non-hydrogen) atoms. The first-order chi connectivity index (χ1) is 10.6. The normalized spacial score (nSPS) is 12.1. The molecule has 0 aliphatic heterocycles. The summed E-state index contributed by atoms with van der Waals surface area (Å²) in [5, 5.41) is 13.8. The third kappa shape index (κ3) is 4.66. The lowest BCUT2D eigenvalue weighted by molar-refractivity contribution is 0.0277. The average molecular weight is 319 g/mol. The third-order valence-corrected chi connectivity index (χ3v) is 4.31. The number of hydrogen-bond donors (Lipinski definition) is 2. The molecule has 1 amide bonds. The van der Waals surface area contributed by atoms with Crippen LogP contribution in [0.15, 0.2) is 35.7 Å². The van der Waals surface area contributed by atoms with Gasteiger partial charge in [-0.2, -0.15) is 0 Å². The van der Waals surface area contributed by atoms with Crippen LogP contribution in [0.25, 0.3) is 0 Å². The molecule has 1 aromatic carbocycles. The summed E-state index contributed by atoms with van der Waals surface area (Å²) in [6.07, 6.45) is -0.266. The van der Waals surface area contributed by atoms with E-state index in [4.69, 9.17) is 9.84 Å². The van der Waals surface area contributed by atoms with Crippen LogP contribution >= 0.6 is 11.3 Å². The Kier molecular flexibility index (Phi) is 6.12. The maximum atomic E-state index is 12.1. The number of aliphatic hydroxyl groups excluding tert-OH is 1. The number of rotatable bonds is 7. The fourth-order valence-corrected chi connectivity index (χ4v) is 2.89. The molecule has 0 aliphatic carbocycles. The molecule has 0 spiro atoms. The molecule has 0 aliphatic rings. The van der Waals surface area contributed by atoms with E-state index in [9.17, 15) is 4.79 Å². The molecule has 0 saturated carbocycles. The summed E-state index contributed by atoms with van der Waals surface area (Å²) in [6.45, 7) is 4.56. The molecule has 118 valence electrons. The van der Waals surface area contributed by atoms with E-state index in [2.05, 4.69) is 5.32 Å². The number of carbonyl (C=O) groups excluding carboxylic acids is 1. The zero-order valence-corrected chi connectivity index (χ0v) is 13.7. The highest BCUT2D eigenvalue weighted by atomic mass is 32.1. The van der Waals surface area contributed by atoms with Gasteiger partial charge in [-0.25, -0.2) is 0 Å². The molecule has 4 nitrogen and oxygen atoms in total. The number of thiophene rings is 1. The number of aliphatic hydroxyl groups is 1. The fourth-order valence-electron chi connectivity index (χ4n) is 2.07. The summed E-state index contributed by atoms with van der Waals surface area (Å²) < 4.78 is 5.65. The number of ether oxygens (including phenoxy) is 1. The van der Waals surface area contributed by atoms with Gasteiger partial charge in [0.1, 0.15) is 0 Å². The van der Waals surface area contributed by atoms with E-state index in [0.717, 1.165) is 11.1 Å². The molecule has 5 heteroatoms. The number of nitrogens with one attached hydrogen (secondary N) is 1. The van der Waals surface area contributed by atoms with Gasteiger partial charge in [0.25, 0.3) is 5.91 Å². The van der Waals surface area contributed by atoms with Gasteiger partial charge in [0.05, 0.1) is 24.2 Å². The fraction of sp³-hybridized carbons (Fsp3) is 0.353. The van der Waals surface area contributed by atoms with E-state index in [0.29, 0.717) is 11.4 Å². The van der Waals surface area contributed by atoms with Gasteiger partial charge in [0.2, 0.25) is 0 Å². The number of hydrogen-bond acceptors (Lipinski definition) is 4. The molecule has 0 fully saturated rings. The zero-order valence-electron chi connectivity index (χ0n) is 12.8. The van der Waals surface area contributed by atoms with E-state index in [-0.39, 0.29) is 25.2 Å². The van der Waals surface area contributed by atoms with Gasteiger partial charge >= 0.3 is 0 Å². The van der Waals surface area contributed by atoms with E-state index < -0.39 is 0 Å². The smallest absolute Gasteiger partial charge is 0.261 e. The molecule has 1 heterocycles. The first kappa shape index (κ1) is 16.7. The second-order valence-corrected chi connectivity index (χ2v) is 6.10. The summed E-state index contributed by atoms with van der Waals surface area (Å²) in [7, 11) is 0. The lowest BCUT2D eigenvalue weighted by Crippen LogP contribution is -2.29. The number of aryl methyl sites for hydroxylation is 2. The zero-order chi connectivity index (χ0) is 15.9. The molecule has 0 radical (unpaired) electrons. The van der Waals surface area contributed by atoms with Crippen molar-refractivity contribution >= 4 is 17.2 Å². The standard InChI is InChI=1S/C17H21NO3S/c1-12-3-5-14(6-4-12)15(21-8-7-19)10-18-17(20)16-9-13(2)11-22-16/h3-6,9,11,15,19H,7-8,10H2,1-2H3,(H,18,20)/t15-/m0/s1. The van der Waals surface area contributed by atoms with E-state index in [1.807, 2.05) is 49.6 Å². The minimum absolute atomic E-state index is 0.0412. The molecule has 2 aromatic rings. The van der Waals surface area contributed by atoms with Crippen LogP contribution < -0.4 is 5.32 Å². The highest BCUT2D eigenvalue weighted by Gasteiger charge is 2.15. The van der Waals surface area contributed by atoms with Crippen LogP contribution in [0.2, 0.25) is 0 Å². The summed E-state index contributed by atoms with van der Waals surface area (Å²) in [5.74, 6) is -0.0946. The molecule has 0 saturated heterocycles. The van der Waals surface area contributed by atoms with Gasteiger partial charge in [-0.3, -0.25) is 4.79 Å². The number of benzene rings is 1. The van der Waals surface area contributed by atoms with E-state index in [1.54, 1.807) is 0 Å². The first-order valence-electron chi connectivity index (χ1n) is 7.22. The Morgan fingerprint density at radius 3 is 2.59 bits per heavy atom. The maximum Gasteiger partial charge on any atom is 0.261 e. The first-order valence-corrected chi connectivity index (χ1v) is 8.10. The molecular formula is C17H21NO3S. The molecule has 2 rings (SSSR count). The quantitative estimate of drug-likeness (QED) is 0.825. The number of amides is 1. The van der Waals surface area contributed by atoms with Gasteiger partial charge in [-0.15, -0.1) is 11.3 Å². The van der Waals surface area contributed by atoms with Crippen LogP contribution in [0, 0.1) is 13.8 Å². The molecule has 0 unspecified atom stereocenters. The lowest BCUT2D eigenvalue weighted by atomic mass is 10.1. The van der Waals surface area contributed by atoms with Gasteiger partial charge in [-0.1, -0.05) is 29.8 Å². The van der Waals surface area contributed by atoms with Crippen LogP contribution in [0.4, 0.5) is 0 Å². The monoisotopic (exact) mass is 319 g/mol. The second kappa shape index (κ2) is 8.08. The average Bonchev–Trinajstić information content (AvgIpc) is 2.95. The number of carbonyl (C=O) groups is 1. The van der Waals surface area contributed by atoms with Crippen LogP contribution in [0.1, 0.15) is 32.5 Å². The van der Waals surface area contributed by atoms with Crippen molar-refractivity contribution in [2.75, 3.05) is 19.8 Å². The maximum absolute atomic E-state index is 12.1. The van der Waals surface area contributed by atoms with Crippen LogP contribution in [0.5, 0.6) is 0 Å². The van der Waals surface area contributed by atoms with Crippen LogP contribution in [-0.2, 0) is 4.74 Å². The molecule has 2 N–H and O–H groups in total. The highest BCUT2D eigenvalue weighted by molar-refractivity contribution is 7.12. The second-order valence-electron chi connectivity index (χ2n) is 5.19. The summed E-state index contributed by atoms with van der Waals surface area (Å²) >= 11 is 1.43. The predicted molar refractivity (Wildman–Crippen MR) is 88.3 cm³/mol. The Balaban J connectivity index is 2.00. The molecule has 0 bridgehead atoms. The van der Waals surface area contributed by atoms with Crippen LogP contribution in [-0.4, -0.2) is 30.8 Å². The summed E-state index contributed by atoms with van der Waals surface area (Å²) in [4.78, 5) is 12.8. The Labute approximate surface area is 134 Å². The Hall–Kier alpha value is -1.69. The largest absolute Gasteiger partial charge is 0.394 e. The van der Waals surface area contributed by atoms with Crippen molar-refractivity contribution in [3.63, 3.8) is 0 Å². The van der Waals surface area contributed by atoms with Crippen molar-refractivity contribution in [2.45, 2.75) is 20.0 Å². The highest BCUT2D eigenvalue weighted by Crippen LogP contribution is 2.18. The van der Waals surface area contributed by atoms with Crippen molar-refractivity contribution in [3.8, 4) is 0 Å². The Morgan fingerprint density at radius 2 is 2.00 bits per heavy atom. The van der Waals surface area contributed by atoms with Gasteiger partial charge in [0, 0.05) is 6.54 Å².